The molecule has 0 aromatic carbocycles. The summed E-state index contributed by atoms with van der Waals surface area (Å²) < 4.78 is 2.08. The SMILES string of the molecule is CCn1cnc(CC(C)CN)c1. The Labute approximate surface area is 73.6 Å². The van der Waals surface area contributed by atoms with Gasteiger partial charge in [0, 0.05) is 12.7 Å². The molecule has 1 unspecified atom stereocenters. The fourth-order valence-corrected chi connectivity index (χ4v) is 1.13. The Morgan fingerprint density at radius 3 is 2.92 bits per heavy atom. The van der Waals surface area contributed by atoms with Crippen LogP contribution in [0.4, 0.5) is 0 Å². The van der Waals surface area contributed by atoms with Crippen molar-refractivity contribution in [3.8, 4) is 0 Å². The Balaban J connectivity index is 2.52. The molecule has 0 amide bonds. The van der Waals surface area contributed by atoms with Crippen LogP contribution >= 0.6 is 0 Å². The van der Waals surface area contributed by atoms with Gasteiger partial charge in [-0.2, -0.15) is 0 Å². The zero-order chi connectivity index (χ0) is 8.97. The van der Waals surface area contributed by atoms with Gasteiger partial charge in [0.15, 0.2) is 0 Å². The van der Waals surface area contributed by atoms with Gasteiger partial charge in [0.2, 0.25) is 0 Å². The first-order chi connectivity index (χ1) is 5.76. The summed E-state index contributed by atoms with van der Waals surface area (Å²) in [4.78, 5) is 4.28. The fourth-order valence-electron chi connectivity index (χ4n) is 1.13. The highest BCUT2D eigenvalue weighted by molar-refractivity contribution is 4.97. The molecule has 0 aliphatic rings. The maximum Gasteiger partial charge on any atom is 0.0949 e. The van der Waals surface area contributed by atoms with Crippen LogP contribution < -0.4 is 5.73 Å². The van der Waals surface area contributed by atoms with Crippen molar-refractivity contribution in [2.24, 2.45) is 11.7 Å². The lowest BCUT2D eigenvalue weighted by Gasteiger charge is -2.03. The lowest BCUT2D eigenvalue weighted by molar-refractivity contribution is 0.585. The molecule has 0 saturated heterocycles. The zero-order valence-corrected chi connectivity index (χ0v) is 7.83. The summed E-state index contributed by atoms with van der Waals surface area (Å²) in [5.74, 6) is 0.533. The molecule has 12 heavy (non-hydrogen) atoms. The smallest absolute Gasteiger partial charge is 0.0949 e. The zero-order valence-electron chi connectivity index (χ0n) is 7.83. The molecule has 0 saturated carbocycles. The van der Waals surface area contributed by atoms with E-state index >= 15 is 0 Å². The summed E-state index contributed by atoms with van der Waals surface area (Å²) in [6, 6.07) is 0. The molecule has 0 spiro atoms. The summed E-state index contributed by atoms with van der Waals surface area (Å²) in [6.07, 6.45) is 4.95. The van der Waals surface area contributed by atoms with E-state index in [0.717, 1.165) is 25.2 Å². The molecule has 3 nitrogen and oxygen atoms in total. The van der Waals surface area contributed by atoms with E-state index in [1.165, 1.54) is 0 Å². The topological polar surface area (TPSA) is 43.8 Å². The first-order valence-electron chi connectivity index (χ1n) is 4.47. The third kappa shape index (κ3) is 2.34. The lowest BCUT2D eigenvalue weighted by Crippen LogP contribution is -2.13. The molecule has 68 valence electrons. The van der Waals surface area contributed by atoms with Crippen LogP contribution in [0.15, 0.2) is 12.5 Å². The van der Waals surface area contributed by atoms with E-state index in [1.54, 1.807) is 0 Å². The van der Waals surface area contributed by atoms with Crippen molar-refractivity contribution in [3.63, 3.8) is 0 Å². The van der Waals surface area contributed by atoms with Crippen molar-refractivity contribution in [1.82, 2.24) is 9.55 Å². The van der Waals surface area contributed by atoms with E-state index in [9.17, 15) is 0 Å². The van der Waals surface area contributed by atoms with E-state index in [4.69, 9.17) is 5.73 Å². The molecule has 0 radical (unpaired) electrons. The van der Waals surface area contributed by atoms with Crippen LogP contribution in [0.2, 0.25) is 0 Å². The van der Waals surface area contributed by atoms with Crippen LogP contribution in [0, 0.1) is 5.92 Å². The summed E-state index contributed by atoms with van der Waals surface area (Å²) in [5, 5.41) is 0. The minimum Gasteiger partial charge on any atom is -0.337 e. The van der Waals surface area contributed by atoms with E-state index < -0.39 is 0 Å². The Morgan fingerprint density at radius 2 is 2.42 bits per heavy atom. The van der Waals surface area contributed by atoms with Gasteiger partial charge in [0.1, 0.15) is 0 Å². The van der Waals surface area contributed by atoms with Gasteiger partial charge in [-0.1, -0.05) is 6.92 Å². The van der Waals surface area contributed by atoms with Crippen molar-refractivity contribution in [1.29, 1.82) is 0 Å². The predicted octanol–water partition coefficient (Wildman–Crippen LogP) is 1.04. The Kier molecular flexibility index (Phi) is 3.29. The molecule has 0 aliphatic carbocycles. The molecule has 2 N–H and O–H groups in total. The lowest BCUT2D eigenvalue weighted by atomic mass is 10.1. The largest absolute Gasteiger partial charge is 0.337 e. The number of aromatic nitrogens is 2. The van der Waals surface area contributed by atoms with Crippen LogP contribution in [0.3, 0.4) is 0 Å². The average molecular weight is 167 g/mol. The van der Waals surface area contributed by atoms with Crippen molar-refractivity contribution in [3.05, 3.63) is 18.2 Å². The van der Waals surface area contributed by atoms with Gasteiger partial charge < -0.3 is 10.3 Å². The number of imidazole rings is 1. The first kappa shape index (κ1) is 9.26. The summed E-state index contributed by atoms with van der Waals surface area (Å²) in [7, 11) is 0. The van der Waals surface area contributed by atoms with Crippen LogP contribution in [0.1, 0.15) is 19.5 Å². The van der Waals surface area contributed by atoms with Crippen molar-refractivity contribution in [2.45, 2.75) is 26.8 Å². The van der Waals surface area contributed by atoms with Gasteiger partial charge in [-0.25, -0.2) is 4.98 Å². The molecule has 0 bridgehead atoms. The monoisotopic (exact) mass is 167 g/mol. The molecule has 1 aromatic rings. The Morgan fingerprint density at radius 1 is 1.67 bits per heavy atom. The van der Waals surface area contributed by atoms with Gasteiger partial charge in [0.25, 0.3) is 0 Å². The standard InChI is InChI=1S/C9H17N3/c1-3-12-6-9(11-7-12)4-8(2)5-10/h6-8H,3-5,10H2,1-2H3. The Hall–Kier alpha value is -0.830. The average Bonchev–Trinajstić information content (AvgIpc) is 2.52. The maximum atomic E-state index is 5.52. The number of nitrogens with two attached hydrogens (primary N) is 1. The second-order valence-corrected chi connectivity index (χ2v) is 3.24. The Bertz CT molecular complexity index is 229. The molecular weight excluding hydrogens is 150 g/mol. The summed E-state index contributed by atoms with van der Waals surface area (Å²) in [5.41, 5.74) is 6.67. The fraction of sp³-hybridized carbons (Fsp3) is 0.667. The minimum absolute atomic E-state index is 0.533. The quantitative estimate of drug-likeness (QED) is 0.728. The van der Waals surface area contributed by atoms with Crippen LogP contribution in [-0.2, 0) is 13.0 Å². The highest BCUT2D eigenvalue weighted by Crippen LogP contribution is 2.04. The van der Waals surface area contributed by atoms with E-state index in [2.05, 4.69) is 29.6 Å². The van der Waals surface area contributed by atoms with Gasteiger partial charge in [0.05, 0.1) is 12.0 Å². The van der Waals surface area contributed by atoms with Crippen molar-refractivity contribution < 1.29 is 0 Å². The molecule has 1 atom stereocenters. The number of rotatable bonds is 4. The van der Waals surface area contributed by atoms with Crippen molar-refractivity contribution >= 4 is 0 Å². The number of hydrogen-bond donors (Lipinski definition) is 1. The molecule has 0 aliphatic heterocycles. The maximum absolute atomic E-state index is 5.52. The number of hydrogen-bond acceptors (Lipinski definition) is 2. The van der Waals surface area contributed by atoms with Gasteiger partial charge in [-0.05, 0) is 25.8 Å². The molecule has 0 fully saturated rings. The van der Waals surface area contributed by atoms with Crippen LogP contribution in [-0.4, -0.2) is 16.1 Å². The normalized spacial score (nSPS) is 13.2. The van der Waals surface area contributed by atoms with Crippen molar-refractivity contribution in [2.75, 3.05) is 6.54 Å². The molecule has 3 heteroatoms. The second kappa shape index (κ2) is 4.26. The number of aryl methyl sites for hydroxylation is 1. The molecule has 1 rings (SSSR count). The first-order valence-corrected chi connectivity index (χ1v) is 4.47. The predicted molar refractivity (Wildman–Crippen MR) is 49.8 cm³/mol. The number of nitrogens with zero attached hydrogens (tertiary/aromatic N) is 2. The highest BCUT2D eigenvalue weighted by Gasteiger charge is 2.03. The third-order valence-corrected chi connectivity index (χ3v) is 2.01. The summed E-state index contributed by atoms with van der Waals surface area (Å²) in [6.45, 7) is 5.98. The van der Waals surface area contributed by atoms with Gasteiger partial charge in [-0.3, -0.25) is 0 Å². The second-order valence-electron chi connectivity index (χ2n) is 3.24. The molecular formula is C9H17N3. The highest BCUT2D eigenvalue weighted by atomic mass is 15.0. The van der Waals surface area contributed by atoms with Crippen LogP contribution in [0.5, 0.6) is 0 Å². The van der Waals surface area contributed by atoms with Gasteiger partial charge in [-0.15, -0.1) is 0 Å². The van der Waals surface area contributed by atoms with Crippen LogP contribution in [0.25, 0.3) is 0 Å². The van der Waals surface area contributed by atoms with E-state index in [0.29, 0.717) is 5.92 Å². The molecule has 1 heterocycles. The minimum atomic E-state index is 0.533. The third-order valence-electron chi connectivity index (χ3n) is 2.01. The van der Waals surface area contributed by atoms with E-state index in [-0.39, 0.29) is 0 Å². The van der Waals surface area contributed by atoms with Gasteiger partial charge >= 0.3 is 0 Å². The summed E-state index contributed by atoms with van der Waals surface area (Å²) >= 11 is 0. The van der Waals surface area contributed by atoms with E-state index in [1.807, 2.05) is 6.33 Å². The molecule has 1 aromatic heterocycles.